The van der Waals surface area contributed by atoms with Crippen molar-refractivity contribution in [2.75, 3.05) is 27.2 Å². The largest absolute Gasteiger partial charge is 0.505 e. The van der Waals surface area contributed by atoms with E-state index in [-0.39, 0.29) is 11.7 Å². The van der Waals surface area contributed by atoms with E-state index in [0.717, 1.165) is 16.9 Å². The summed E-state index contributed by atoms with van der Waals surface area (Å²) in [4.78, 5) is 15.5. The number of ether oxygens (including phenoxy) is 1. The first-order chi connectivity index (χ1) is 12.9. The van der Waals surface area contributed by atoms with Gasteiger partial charge in [-0.25, -0.2) is 4.39 Å². The number of halogens is 1. The van der Waals surface area contributed by atoms with Crippen LogP contribution in [0.5, 0.6) is 11.5 Å². The fraction of sp³-hybridized carbons (Fsp3) is 0.381. The quantitative estimate of drug-likeness (QED) is 0.877. The summed E-state index contributed by atoms with van der Waals surface area (Å²) in [7, 11) is 3.51. The third-order valence-corrected chi connectivity index (χ3v) is 4.77. The van der Waals surface area contributed by atoms with Gasteiger partial charge in [-0.2, -0.15) is 0 Å². The van der Waals surface area contributed by atoms with Crippen molar-refractivity contribution >= 4 is 5.91 Å². The zero-order valence-corrected chi connectivity index (χ0v) is 15.7. The Morgan fingerprint density at radius 2 is 2.11 bits per heavy atom. The third kappa shape index (κ3) is 4.77. The van der Waals surface area contributed by atoms with Crippen LogP contribution in [0.3, 0.4) is 0 Å². The summed E-state index contributed by atoms with van der Waals surface area (Å²) in [5.41, 5.74) is 2.69. The number of phenols is 1. The van der Waals surface area contributed by atoms with Crippen LogP contribution in [0.25, 0.3) is 0 Å². The van der Waals surface area contributed by atoms with E-state index in [9.17, 15) is 14.3 Å². The molecule has 1 N–H and O–H groups in total. The predicted octanol–water partition coefficient (Wildman–Crippen LogP) is 2.95. The van der Waals surface area contributed by atoms with Crippen molar-refractivity contribution in [3.63, 3.8) is 0 Å². The van der Waals surface area contributed by atoms with Crippen LogP contribution in [0.2, 0.25) is 0 Å². The van der Waals surface area contributed by atoms with E-state index in [2.05, 4.69) is 11.0 Å². The number of rotatable bonds is 5. The zero-order chi connectivity index (χ0) is 19.4. The first-order valence-electron chi connectivity index (χ1n) is 9.07. The number of carbonyl (C=O) groups is 1. The monoisotopic (exact) mass is 372 g/mol. The van der Waals surface area contributed by atoms with Crippen LogP contribution in [0.4, 0.5) is 4.39 Å². The number of amides is 1. The molecule has 144 valence electrons. The van der Waals surface area contributed by atoms with E-state index >= 15 is 0 Å². The highest BCUT2D eigenvalue weighted by Gasteiger charge is 2.18. The molecule has 2 aromatic carbocycles. The second-order valence-corrected chi connectivity index (χ2v) is 7.04. The third-order valence-electron chi connectivity index (χ3n) is 4.77. The first kappa shape index (κ1) is 19.2. The van der Waals surface area contributed by atoms with E-state index < -0.39 is 5.82 Å². The normalized spacial score (nSPS) is 14.2. The van der Waals surface area contributed by atoms with Crippen LogP contribution >= 0.6 is 0 Å². The van der Waals surface area contributed by atoms with Crippen molar-refractivity contribution in [3.8, 4) is 11.5 Å². The number of nitrogens with zero attached hydrogens (tertiary/aromatic N) is 2. The van der Waals surface area contributed by atoms with Gasteiger partial charge in [-0.3, -0.25) is 9.69 Å². The van der Waals surface area contributed by atoms with Crippen LogP contribution in [0, 0.1) is 5.82 Å². The Kier molecular flexibility index (Phi) is 5.96. The second-order valence-electron chi connectivity index (χ2n) is 7.04. The van der Waals surface area contributed by atoms with Gasteiger partial charge >= 0.3 is 0 Å². The summed E-state index contributed by atoms with van der Waals surface area (Å²) in [5.74, 6) is 0.0405. The molecule has 0 spiro atoms. The maximum Gasteiger partial charge on any atom is 0.222 e. The van der Waals surface area contributed by atoms with Gasteiger partial charge in [0.25, 0.3) is 0 Å². The maximum atomic E-state index is 13.6. The second kappa shape index (κ2) is 8.39. The Morgan fingerprint density at radius 3 is 2.89 bits per heavy atom. The first-order valence-corrected chi connectivity index (χ1v) is 9.07. The van der Waals surface area contributed by atoms with Crippen molar-refractivity contribution < 1.29 is 19.0 Å². The van der Waals surface area contributed by atoms with E-state index in [1.54, 1.807) is 31.1 Å². The van der Waals surface area contributed by atoms with Crippen molar-refractivity contribution in [2.45, 2.75) is 25.9 Å². The Bertz CT molecular complexity index is 823. The van der Waals surface area contributed by atoms with Gasteiger partial charge in [-0.05, 0) is 24.1 Å². The molecular weight excluding hydrogens is 347 g/mol. The summed E-state index contributed by atoms with van der Waals surface area (Å²) in [6.07, 6.45) is 1.14. The molecule has 1 aliphatic rings. The SMILES string of the molecule is CN(C)C(=O)CCc1ccc2c(c1)CN(Cc1cccc(F)c1O)CCO2. The number of hydrogen-bond acceptors (Lipinski definition) is 4. The molecule has 0 aliphatic carbocycles. The molecule has 6 heteroatoms. The van der Waals surface area contributed by atoms with Crippen molar-refractivity contribution in [2.24, 2.45) is 0 Å². The van der Waals surface area contributed by atoms with Crippen LogP contribution in [0.1, 0.15) is 23.1 Å². The van der Waals surface area contributed by atoms with Crippen LogP contribution < -0.4 is 4.74 Å². The Balaban J connectivity index is 1.72. The number of phenolic OH excluding ortho intramolecular Hbond substituents is 1. The number of benzene rings is 2. The van der Waals surface area contributed by atoms with E-state index in [1.165, 1.54) is 6.07 Å². The molecule has 5 nitrogen and oxygen atoms in total. The molecule has 0 aromatic heterocycles. The summed E-state index contributed by atoms with van der Waals surface area (Å²) >= 11 is 0. The molecule has 0 saturated carbocycles. The molecule has 3 rings (SSSR count). The minimum atomic E-state index is -0.605. The molecule has 1 amide bonds. The zero-order valence-electron chi connectivity index (χ0n) is 15.7. The van der Waals surface area contributed by atoms with Crippen molar-refractivity contribution in [1.29, 1.82) is 0 Å². The summed E-state index contributed by atoms with van der Waals surface area (Å²) in [6.45, 7) is 2.29. The number of aryl methyl sites for hydroxylation is 1. The highest BCUT2D eigenvalue weighted by molar-refractivity contribution is 5.75. The van der Waals surface area contributed by atoms with Crippen LogP contribution in [-0.2, 0) is 24.3 Å². The van der Waals surface area contributed by atoms with Gasteiger partial charge in [0.2, 0.25) is 5.91 Å². The van der Waals surface area contributed by atoms with E-state index in [0.29, 0.717) is 44.6 Å². The topological polar surface area (TPSA) is 53.0 Å². The maximum absolute atomic E-state index is 13.6. The van der Waals surface area contributed by atoms with Crippen molar-refractivity contribution in [1.82, 2.24) is 9.80 Å². The van der Waals surface area contributed by atoms with Gasteiger partial charge < -0.3 is 14.7 Å². The summed E-state index contributed by atoms with van der Waals surface area (Å²) in [6, 6.07) is 10.6. The van der Waals surface area contributed by atoms with E-state index in [1.807, 2.05) is 12.1 Å². The highest BCUT2D eigenvalue weighted by atomic mass is 19.1. The number of carbonyl (C=O) groups excluding carboxylic acids is 1. The van der Waals surface area contributed by atoms with Gasteiger partial charge in [-0.1, -0.05) is 24.3 Å². The molecule has 0 saturated heterocycles. The molecule has 0 atom stereocenters. The standard InChI is InChI=1S/C21H25FN2O3/c1-23(2)20(25)9-7-15-6-8-19-17(12-15)14-24(10-11-27-19)13-16-4-3-5-18(22)21(16)26/h3-6,8,12,26H,7,9-11,13-14H2,1-2H3. The van der Waals surface area contributed by atoms with Crippen LogP contribution in [-0.4, -0.2) is 48.1 Å². The molecule has 1 aliphatic heterocycles. The smallest absolute Gasteiger partial charge is 0.222 e. The average Bonchev–Trinajstić information content (AvgIpc) is 2.84. The summed E-state index contributed by atoms with van der Waals surface area (Å²) in [5, 5.41) is 9.94. The Hall–Kier alpha value is -2.60. The van der Waals surface area contributed by atoms with Gasteiger partial charge in [0.05, 0.1) is 0 Å². The fourth-order valence-electron chi connectivity index (χ4n) is 3.20. The molecule has 27 heavy (non-hydrogen) atoms. The lowest BCUT2D eigenvalue weighted by Crippen LogP contribution is -2.25. The summed E-state index contributed by atoms with van der Waals surface area (Å²) < 4.78 is 19.4. The Morgan fingerprint density at radius 1 is 1.30 bits per heavy atom. The number of aromatic hydroxyl groups is 1. The van der Waals surface area contributed by atoms with Crippen LogP contribution in [0.15, 0.2) is 36.4 Å². The number of para-hydroxylation sites is 1. The van der Waals surface area contributed by atoms with Crippen molar-refractivity contribution in [3.05, 3.63) is 58.9 Å². The molecule has 0 bridgehead atoms. The van der Waals surface area contributed by atoms with Gasteiger partial charge in [-0.15, -0.1) is 0 Å². The molecule has 0 radical (unpaired) electrons. The van der Waals surface area contributed by atoms with Gasteiger partial charge in [0.15, 0.2) is 11.6 Å². The molecule has 0 unspecified atom stereocenters. The lowest BCUT2D eigenvalue weighted by molar-refractivity contribution is -0.128. The molecule has 1 heterocycles. The van der Waals surface area contributed by atoms with E-state index in [4.69, 9.17) is 4.74 Å². The average molecular weight is 372 g/mol. The minimum Gasteiger partial charge on any atom is -0.505 e. The molecular formula is C21H25FN2O3. The highest BCUT2D eigenvalue weighted by Crippen LogP contribution is 2.28. The Labute approximate surface area is 159 Å². The van der Waals surface area contributed by atoms with Gasteiger partial charge in [0.1, 0.15) is 12.4 Å². The minimum absolute atomic E-state index is 0.101. The van der Waals surface area contributed by atoms with Gasteiger partial charge in [0, 0.05) is 51.3 Å². The predicted molar refractivity (Wildman–Crippen MR) is 101 cm³/mol. The lowest BCUT2D eigenvalue weighted by Gasteiger charge is -2.20. The molecule has 0 fully saturated rings. The molecule has 2 aromatic rings. The fourth-order valence-corrected chi connectivity index (χ4v) is 3.20. The number of hydrogen-bond donors (Lipinski definition) is 1. The lowest BCUT2D eigenvalue weighted by atomic mass is 10.0. The number of fused-ring (bicyclic) bond motifs is 1.